The molecule has 0 radical (unpaired) electrons. The summed E-state index contributed by atoms with van der Waals surface area (Å²) >= 11 is 1.88. The van der Waals surface area contributed by atoms with Crippen molar-refractivity contribution in [3.8, 4) is 33.4 Å². The molecule has 2 heteroatoms. The van der Waals surface area contributed by atoms with E-state index in [0.717, 1.165) is 17.1 Å². The van der Waals surface area contributed by atoms with Crippen LogP contribution in [0.1, 0.15) is 0 Å². The van der Waals surface area contributed by atoms with E-state index < -0.39 is 0 Å². The molecule has 52 heavy (non-hydrogen) atoms. The van der Waals surface area contributed by atoms with E-state index in [9.17, 15) is 0 Å². The minimum Gasteiger partial charge on any atom is -0.311 e. The Morgan fingerprint density at radius 2 is 0.769 bits per heavy atom. The van der Waals surface area contributed by atoms with Gasteiger partial charge < -0.3 is 4.90 Å². The van der Waals surface area contributed by atoms with Crippen LogP contribution >= 0.6 is 11.3 Å². The van der Waals surface area contributed by atoms with Crippen molar-refractivity contribution in [2.45, 2.75) is 0 Å². The summed E-state index contributed by atoms with van der Waals surface area (Å²) in [6.07, 6.45) is 0. The summed E-state index contributed by atoms with van der Waals surface area (Å²) < 4.78 is 2.66. The lowest BCUT2D eigenvalue weighted by molar-refractivity contribution is 1.28. The molecule has 0 bridgehead atoms. The molecule has 0 aliphatic rings. The Hall–Kier alpha value is -6.48. The lowest BCUT2D eigenvalue weighted by Gasteiger charge is -2.26. The molecule has 0 aliphatic carbocycles. The highest BCUT2D eigenvalue weighted by Gasteiger charge is 2.15. The number of benzene rings is 9. The highest BCUT2D eigenvalue weighted by molar-refractivity contribution is 7.25. The largest absolute Gasteiger partial charge is 0.311 e. The maximum Gasteiger partial charge on any atom is 0.0462 e. The van der Waals surface area contributed by atoms with Crippen molar-refractivity contribution in [3.63, 3.8) is 0 Å². The molecule has 0 aliphatic heterocycles. The smallest absolute Gasteiger partial charge is 0.0462 e. The van der Waals surface area contributed by atoms with E-state index in [4.69, 9.17) is 0 Å². The highest BCUT2D eigenvalue weighted by Crippen LogP contribution is 2.41. The topological polar surface area (TPSA) is 3.24 Å². The van der Waals surface area contributed by atoms with Crippen LogP contribution in [0.2, 0.25) is 0 Å². The Kier molecular flexibility index (Phi) is 7.41. The molecule has 244 valence electrons. The minimum absolute atomic E-state index is 1.12. The van der Waals surface area contributed by atoms with Crippen molar-refractivity contribution in [2.24, 2.45) is 0 Å². The quantitative estimate of drug-likeness (QED) is 0.169. The Morgan fingerprint density at radius 1 is 0.288 bits per heavy atom. The molecular formula is C50H33NS. The van der Waals surface area contributed by atoms with E-state index in [1.807, 2.05) is 11.3 Å². The van der Waals surface area contributed by atoms with E-state index in [1.165, 1.54) is 75.1 Å². The molecule has 0 unspecified atom stereocenters. The van der Waals surface area contributed by atoms with Gasteiger partial charge in [-0.2, -0.15) is 0 Å². The van der Waals surface area contributed by atoms with Crippen molar-refractivity contribution in [1.29, 1.82) is 0 Å². The van der Waals surface area contributed by atoms with Crippen LogP contribution < -0.4 is 4.90 Å². The first-order valence-electron chi connectivity index (χ1n) is 17.8. The number of hydrogen-bond donors (Lipinski definition) is 0. The number of hydrogen-bond acceptors (Lipinski definition) is 2. The third kappa shape index (κ3) is 5.33. The van der Waals surface area contributed by atoms with Crippen LogP contribution in [-0.4, -0.2) is 0 Å². The van der Waals surface area contributed by atoms with E-state index >= 15 is 0 Å². The van der Waals surface area contributed by atoms with Gasteiger partial charge in [-0.3, -0.25) is 0 Å². The van der Waals surface area contributed by atoms with E-state index in [0.29, 0.717) is 0 Å². The molecule has 0 fully saturated rings. The molecule has 0 saturated carbocycles. The summed E-state index contributed by atoms with van der Waals surface area (Å²) in [6, 6.07) is 72.8. The summed E-state index contributed by atoms with van der Waals surface area (Å²) in [5, 5.41) is 7.77. The zero-order valence-corrected chi connectivity index (χ0v) is 29.2. The van der Waals surface area contributed by atoms with E-state index in [1.54, 1.807) is 0 Å². The highest BCUT2D eigenvalue weighted by atomic mass is 32.1. The second-order valence-corrected chi connectivity index (χ2v) is 14.4. The van der Waals surface area contributed by atoms with E-state index in [-0.39, 0.29) is 0 Å². The van der Waals surface area contributed by atoms with Gasteiger partial charge >= 0.3 is 0 Å². The van der Waals surface area contributed by atoms with Crippen LogP contribution in [-0.2, 0) is 0 Å². The number of para-hydroxylation sites is 1. The van der Waals surface area contributed by atoms with Crippen molar-refractivity contribution >= 4 is 70.1 Å². The molecule has 1 heterocycles. The zero-order valence-electron chi connectivity index (χ0n) is 28.4. The Labute approximate surface area is 307 Å². The summed E-state index contributed by atoms with van der Waals surface area (Å²) in [4.78, 5) is 2.34. The molecule has 0 atom stereocenters. The van der Waals surface area contributed by atoms with Crippen molar-refractivity contribution in [2.75, 3.05) is 4.90 Å². The molecular weight excluding hydrogens is 647 g/mol. The van der Waals surface area contributed by atoms with Crippen LogP contribution in [0.4, 0.5) is 17.1 Å². The average Bonchev–Trinajstić information content (AvgIpc) is 3.57. The van der Waals surface area contributed by atoms with Crippen LogP contribution in [0, 0.1) is 0 Å². The van der Waals surface area contributed by atoms with E-state index in [2.05, 4.69) is 205 Å². The van der Waals surface area contributed by atoms with Gasteiger partial charge in [0.05, 0.1) is 0 Å². The van der Waals surface area contributed by atoms with Gasteiger partial charge in [-0.05, 0) is 110 Å². The Morgan fingerprint density at radius 3 is 1.42 bits per heavy atom. The minimum atomic E-state index is 1.12. The van der Waals surface area contributed by atoms with Gasteiger partial charge in [-0.15, -0.1) is 11.3 Å². The maximum atomic E-state index is 2.35. The number of fused-ring (bicyclic) bond motifs is 5. The summed E-state index contributed by atoms with van der Waals surface area (Å²) in [7, 11) is 0. The molecule has 10 aromatic rings. The van der Waals surface area contributed by atoms with Crippen molar-refractivity contribution in [1.82, 2.24) is 0 Å². The molecule has 9 aromatic carbocycles. The maximum absolute atomic E-state index is 2.35. The van der Waals surface area contributed by atoms with Gasteiger partial charge in [0.1, 0.15) is 0 Å². The lowest BCUT2D eigenvalue weighted by Crippen LogP contribution is -2.09. The van der Waals surface area contributed by atoms with Crippen LogP contribution in [0.15, 0.2) is 200 Å². The van der Waals surface area contributed by atoms with Gasteiger partial charge in [0, 0.05) is 37.2 Å². The number of nitrogens with zero attached hydrogens (tertiary/aromatic N) is 1. The van der Waals surface area contributed by atoms with Crippen molar-refractivity contribution < 1.29 is 0 Å². The molecule has 0 N–H and O–H groups in total. The third-order valence-electron chi connectivity index (χ3n) is 10.3. The lowest BCUT2D eigenvalue weighted by atomic mass is 9.92. The molecule has 1 aromatic heterocycles. The fraction of sp³-hybridized carbons (Fsp3) is 0. The Bertz CT molecular complexity index is 2870. The first-order chi connectivity index (χ1) is 25.8. The number of rotatable bonds is 6. The SMILES string of the molecule is c1ccc(-c2ccc(-c3ccc(N(c4ccccc4)c4ccc(-c5ccc6c(c5)sc5cc7ccccc7cc56)cc4)cc3)c3ccccc23)cc1. The molecule has 10 rings (SSSR count). The number of thiophene rings is 1. The predicted octanol–water partition coefficient (Wildman–Crippen LogP) is 14.8. The second kappa shape index (κ2) is 12.7. The first-order valence-corrected chi connectivity index (χ1v) is 18.6. The fourth-order valence-corrected chi connectivity index (χ4v) is 8.85. The fourth-order valence-electron chi connectivity index (χ4n) is 7.68. The Balaban J connectivity index is 0.993. The van der Waals surface area contributed by atoms with Gasteiger partial charge in [0.2, 0.25) is 0 Å². The van der Waals surface area contributed by atoms with Crippen molar-refractivity contribution in [3.05, 3.63) is 200 Å². The van der Waals surface area contributed by atoms with Gasteiger partial charge in [-0.25, -0.2) is 0 Å². The van der Waals surface area contributed by atoms with Gasteiger partial charge in [0.15, 0.2) is 0 Å². The summed E-state index contributed by atoms with van der Waals surface area (Å²) in [5.74, 6) is 0. The average molecular weight is 680 g/mol. The molecule has 1 nitrogen and oxygen atoms in total. The normalized spacial score (nSPS) is 11.5. The first kappa shape index (κ1) is 30.4. The van der Waals surface area contributed by atoms with Crippen LogP contribution in [0.25, 0.3) is 75.1 Å². The molecule has 0 amide bonds. The predicted molar refractivity (Wildman–Crippen MR) is 225 cm³/mol. The van der Waals surface area contributed by atoms with Crippen LogP contribution in [0.5, 0.6) is 0 Å². The van der Waals surface area contributed by atoms with Gasteiger partial charge in [0.25, 0.3) is 0 Å². The molecule has 0 spiro atoms. The summed E-state index contributed by atoms with van der Waals surface area (Å²) in [5.41, 5.74) is 10.7. The second-order valence-electron chi connectivity index (χ2n) is 13.3. The molecule has 0 saturated heterocycles. The zero-order chi connectivity index (χ0) is 34.4. The van der Waals surface area contributed by atoms with Crippen LogP contribution in [0.3, 0.4) is 0 Å². The number of anilines is 3. The standard InChI is InChI=1S/C50H33NS/c1-3-11-35(12-4-1)43-29-30-44(46-18-10-9-17-45(43)46)36-21-26-42(27-22-36)51(40-15-5-2-6-16-40)41-24-19-34(20-25-41)39-23-28-47-48-31-37-13-7-8-14-38(37)32-50(48)52-49(47)33-39/h1-33H. The monoisotopic (exact) mass is 679 g/mol. The van der Waals surface area contributed by atoms with Gasteiger partial charge in [-0.1, -0.05) is 146 Å². The summed E-state index contributed by atoms with van der Waals surface area (Å²) in [6.45, 7) is 0. The third-order valence-corrected chi connectivity index (χ3v) is 11.4.